The molecule has 2 fully saturated rings. The van der Waals surface area contributed by atoms with Crippen LogP contribution in [0.15, 0.2) is 71.4 Å². The Bertz CT molecular complexity index is 1560. The largest absolute Gasteiger partial charge is 0.452 e. The second-order valence-electron chi connectivity index (χ2n) is 9.79. The number of pyridine rings is 2. The minimum atomic E-state index is -4.93. The Balaban J connectivity index is 0.000000235. The van der Waals surface area contributed by atoms with Gasteiger partial charge in [-0.25, -0.2) is 32.5 Å². The molecule has 0 radical (unpaired) electrons. The van der Waals surface area contributed by atoms with Crippen LogP contribution < -0.4 is 20.9 Å². The van der Waals surface area contributed by atoms with E-state index in [2.05, 4.69) is 20.3 Å². The van der Waals surface area contributed by atoms with Gasteiger partial charge in [0.15, 0.2) is 5.69 Å². The van der Waals surface area contributed by atoms with Crippen LogP contribution in [0.1, 0.15) is 16.2 Å². The van der Waals surface area contributed by atoms with Gasteiger partial charge in [0.05, 0.1) is 49.9 Å². The van der Waals surface area contributed by atoms with Gasteiger partial charge in [-0.2, -0.15) is 13.2 Å². The first-order valence-corrected chi connectivity index (χ1v) is 12.6. The molecular formula is C27H22F7N7O2. The Labute approximate surface area is 239 Å². The lowest BCUT2D eigenvalue weighted by atomic mass is 10.1. The smallest absolute Gasteiger partial charge is 0.431 e. The molecule has 4 aromatic rings. The summed E-state index contributed by atoms with van der Waals surface area (Å²) in [5, 5.41) is 2.26. The molecular weight excluding hydrogens is 587 g/mol. The van der Waals surface area contributed by atoms with Crippen molar-refractivity contribution in [1.29, 1.82) is 0 Å². The summed E-state index contributed by atoms with van der Waals surface area (Å²) in [7, 11) is 0. The molecule has 6 rings (SSSR count). The third kappa shape index (κ3) is 6.95. The average Bonchev–Trinajstić information content (AvgIpc) is 3.39. The Kier molecular flexibility index (Phi) is 7.62. The number of amides is 1. The summed E-state index contributed by atoms with van der Waals surface area (Å²) in [4.78, 5) is 26.9. The van der Waals surface area contributed by atoms with Crippen LogP contribution in [0.5, 0.6) is 0 Å². The molecule has 1 aromatic carbocycles. The lowest BCUT2D eigenvalue weighted by Crippen LogP contribution is -2.56. The van der Waals surface area contributed by atoms with Gasteiger partial charge >= 0.3 is 6.18 Å². The third-order valence-electron chi connectivity index (χ3n) is 6.23. The minimum Gasteiger partial charge on any atom is -0.431 e. The van der Waals surface area contributed by atoms with Crippen LogP contribution in [-0.4, -0.2) is 58.9 Å². The summed E-state index contributed by atoms with van der Waals surface area (Å²) in [6.07, 6.45) is -2.31. The monoisotopic (exact) mass is 609 g/mol. The number of benzene rings is 1. The molecule has 0 unspecified atom stereocenters. The van der Waals surface area contributed by atoms with Crippen molar-refractivity contribution in [2.45, 2.75) is 18.0 Å². The van der Waals surface area contributed by atoms with Gasteiger partial charge in [0, 0.05) is 5.56 Å². The van der Waals surface area contributed by atoms with Gasteiger partial charge in [0.25, 0.3) is 17.8 Å². The summed E-state index contributed by atoms with van der Waals surface area (Å²) < 4.78 is 95.6. The lowest BCUT2D eigenvalue weighted by molar-refractivity contribution is -0.153. The van der Waals surface area contributed by atoms with Crippen LogP contribution in [0, 0.1) is 0 Å². The van der Waals surface area contributed by atoms with Crippen molar-refractivity contribution in [3.05, 3.63) is 78.4 Å². The first kappa shape index (κ1) is 29.6. The highest BCUT2D eigenvalue weighted by atomic mass is 19.4. The summed E-state index contributed by atoms with van der Waals surface area (Å²) in [5.74, 6) is -7.51. The highest BCUT2D eigenvalue weighted by Gasteiger charge is 2.45. The third-order valence-corrected chi connectivity index (χ3v) is 6.23. The van der Waals surface area contributed by atoms with Crippen molar-refractivity contribution in [2.75, 3.05) is 47.0 Å². The molecule has 5 heterocycles. The molecule has 0 aliphatic carbocycles. The van der Waals surface area contributed by atoms with Gasteiger partial charge < -0.3 is 25.3 Å². The molecule has 2 aliphatic rings. The van der Waals surface area contributed by atoms with Gasteiger partial charge in [0.1, 0.15) is 11.6 Å². The Hall–Kier alpha value is -4.89. The van der Waals surface area contributed by atoms with Crippen LogP contribution in [0.25, 0.3) is 11.5 Å². The number of nitrogens with zero attached hydrogens (tertiary/aromatic N) is 5. The van der Waals surface area contributed by atoms with Crippen molar-refractivity contribution in [1.82, 2.24) is 15.0 Å². The molecule has 0 saturated carbocycles. The van der Waals surface area contributed by atoms with Crippen LogP contribution in [0.3, 0.4) is 0 Å². The number of oxazole rings is 1. The number of rotatable bonds is 5. The number of hydrogen-bond acceptors (Lipinski definition) is 8. The highest BCUT2D eigenvalue weighted by molar-refractivity contribution is 6.04. The number of nitrogen functional groups attached to an aromatic ring is 1. The molecule has 3 aromatic heterocycles. The molecule has 2 aliphatic heterocycles. The molecule has 9 nitrogen and oxygen atoms in total. The summed E-state index contributed by atoms with van der Waals surface area (Å²) in [5.41, 5.74) is 5.38. The minimum absolute atomic E-state index is 0.0772. The van der Waals surface area contributed by atoms with Crippen molar-refractivity contribution in [2.24, 2.45) is 0 Å². The maximum Gasteiger partial charge on any atom is 0.452 e. The molecule has 3 N–H and O–H groups in total. The number of aromatic nitrogens is 3. The summed E-state index contributed by atoms with van der Waals surface area (Å²) >= 11 is 0. The van der Waals surface area contributed by atoms with E-state index >= 15 is 0 Å². The molecule has 0 spiro atoms. The van der Waals surface area contributed by atoms with Crippen molar-refractivity contribution >= 4 is 28.9 Å². The fourth-order valence-corrected chi connectivity index (χ4v) is 4.14. The molecule has 226 valence electrons. The summed E-state index contributed by atoms with van der Waals surface area (Å²) in [6, 6.07) is 13.9. The van der Waals surface area contributed by atoms with E-state index in [9.17, 15) is 35.5 Å². The van der Waals surface area contributed by atoms with Gasteiger partial charge in [-0.1, -0.05) is 18.2 Å². The molecule has 0 atom stereocenters. The number of hydrogen-bond donors (Lipinski definition) is 2. The van der Waals surface area contributed by atoms with Crippen LogP contribution in [0.4, 0.5) is 53.7 Å². The highest BCUT2D eigenvalue weighted by Crippen LogP contribution is 2.36. The fourth-order valence-electron chi connectivity index (χ4n) is 4.14. The maximum absolute atomic E-state index is 13.3. The average molecular weight is 610 g/mol. The number of anilines is 4. The molecule has 0 bridgehead atoms. The van der Waals surface area contributed by atoms with Crippen LogP contribution in [0.2, 0.25) is 0 Å². The van der Waals surface area contributed by atoms with E-state index in [1.165, 1.54) is 40.3 Å². The van der Waals surface area contributed by atoms with Gasteiger partial charge in [-0.3, -0.25) is 4.79 Å². The molecule has 16 heteroatoms. The first-order chi connectivity index (χ1) is 20.2. The Morgan fingerprint density at radius 1 is 0.837 bits per heavy atom. The zero-order chi connectivity index (χ0) is 31.0. The lowest BCUT2D eigenvalue weighted by Gasteiger charge is -2.39. The Morgan fingerprint density at radius 3 is 1.86 bits per heavy atom. The van der Waals surface area contributed by atoms with E-state index in [-0.39, 0.29) is 36.0 Å². The van der Waals surface area contributed by atoms with E-state index in [1.54, 1.807) is 30.3 Å². The normalized spacial score (nSPS) is 16.8. The van der Waals surface area contributed by atoms with Crippen molar-refractivity contribution in [3.63, 3.8) is 0 Å². The van der Waals surface area contributed by atoms with Gasteiger partial charge in [0.2, 0.25) is 11.7 Å². The van der Waals surface area contributed by atoms with Crippen molar-refractivity contribution < 1.29 is 39.9 Å². The van der Waals surface area contributed by atoms with Crippen LogP contribution in [-0.2, 0) is 6.18 Å². The number of halogens is 7. The fraction of sp³-hybridized carbons (Fsp3) is 0.259. The van der Waals surface area contributed by atoms with Gasteiger partial charge in [-0.15, -0.1) is 0 Å². The second-order valence-corrected chi connectivity index (χ2v) is 9.79. The maximum atomic E-state index is 13.3. The molecule has 1 amide bonds. The second kappa shape index (κ2) is 11.1. The number of nitrogens with two attached hydrogens (primary N) is 1. The number of carbonyl (C=O) groups is 1. The predicted octanol–water partition coefficient (Wildman–Crippen LogP) is 5.58. The van der Waals surface area contributed by atoms with E-state index in [0.717, 1.165) is 6.20 Å². The number of carbonyl (C=O) groups excluding carboxylic acids is 1. The Morgan fingerprint density at radius 2 is 1.40 bits per heavy atom. The first-order valence-electron chi connectivity index (χ1n) is 12.6. The number of alkyl halides is 7. The predicted molar refractivity (Wildman–Crippen MR) is 142 cm³/mol. The van der Waals surface area contributed by atoms with E-state index in [1.807, 2.05) is 0 Å². The standard InChI is InChI=1S/C19H13F5N4O2.C8H9F2N3/c20-18(21)9-28(10-18)13-7-6-12(8-25-13)26-16(29)14-15(19(22,23)24)30-17(27-14)11-4-2-1-3-5-11;9-8(10)4-13(5-8)7-2-1-6(11)3-12-7/h1-8H,9-10H2,(H,26,29);1-3H,4-5,11H2. The van der Waals surface area contributed by atoms with Crippen LogP contribution >= 0.6 is 0 Å². The molecule has 43 heavy (non-hydrogen) atoms. The quantitative estimate of drug-likeness (QED) is 0.282. The topological polar surface area (TPSA) is 113 Å². The van der Waals surface area contributed by atoms with Crippen molar-refractivity contribution in [3.8, 4) is 11.5 Å². The van der Waals surface area contributed by atoms with Gasteiger partial charge in [-0.05, 0) is 36.4 Å². The summed E-state index contributed by atoms with van der Waals surface area (Å²) in [6.45, 7) is -1.43. The SMILES string of the molecule is Nc1ccc(N2CC(F)(F)C2)nc1.O=C(Nc1ccc(N2CC(F)(F)C2)nc1)c1nc(-c2ccccc2)oc1C(F)(F)F. The zero-order valence-electron chi connectivity index (χ0n) is 22.0. The van der Waals surface area contributed by atoms with E-state index < -0.39 is 48.5 Å². The van der Waals surface area contributed by atoms with E-state index in [0.29, 0.717) is 11.5 Å². The van der Waals surface area contributed by atoms with E-state index in [4.69, 9.17) is 10.2 Å². The zero-order valence-corrected chi connectivity index (χ0v) is 22.0. The number of nitrogens with one attached hydrogen (secondary N) is 1. The molecule has 2 saturated heterocycles.